The van der Waals surface area contributed by atoms with Crippen LogP contribution in [0, 0.1) is 17.6 Å². The van der Waals surface area contributed by atoms with E-state index in [0.717, 1.165) is 37.7 Å². The summed E-state index contributed by atoms with van der Waals surface area (Å²) in [6.45, 7) is 6.11. The first kappa shape index (κ1) is 31.5. The van der Waals surface area contributed by atoms with Crippen LogP contribution in [0.4, 0.5) is 8.78 Å². The number of pyridine rings is 1. The Hall–Kier alpha value is -2.05. The van der Waals surface area contributed by atoms with Gasteiger partial charge in [-0.15, -0.1) is 0 Å². The number of nitrogens with zero attached hydrogens (tertiary/aromatic N) is 1. The summed E-state index contributed by atoms with van der Waals surface area (Å²) in [4.78, 5) is 4.37. The van der Waals surface area contributed by atoms with Gasteiger partial charge in [-0.1, -0.05) is 103 Å². The summed E-state index contributed by atoms with van der Waals surface area (Å²) in [6.07, 6.45) is 19.7. The second kappa shape index (κ2) is 18.3. The molecule has 2 heterocycles. The first-order valence-electron chi connectivity index (χ1n) is 15.4. The lowest BCUT2D eigenvalue weighted by molar-refractivity contribution is -0.206. The first-order chi connectivity index (χ1) is 19.1. The third-order valence-electron chi connectivity index (χ3n) is 7.57. The largest absolute Gasteiger partial charge is 0.490 e. The van der Waals surface area contributed by atoms with Crippen LogP contribution in [0.15, 0.2) is 30.5 Å². The highest BCUT2D eigenvalue weighted by Gasteiger charge is 2.24. The second-order valence-corrected chi connectivity index (χ2v) is 11.0. The van der Waals surface area contributed by atoms with E-state index >= 15 is 0 Å². The maximum absolute atomic E-state index is 14.8. The molecule has 0 aliphatic carbocycles. The van der Waals surface area contributed by atoms with Crippen LogP contribution in [0.5, 0.6) is 5.75 Å². The van der Waals surface area contributed by atoms with Gasteiger partial charge in [-0.25, -0.2) is 4.39 Å². The average molecular weight is 546 g/mol. The molecule has 218 valence electrons. The van der Waals surface area contributed by atoms with Crippen molar-refractivity contribution in [1.82, 2.24) is 4.98 Å². The minimum atomic E-state index is -0.971. The minimum Gasteiger partial charge on any atom is -0.490 e. The Morgan fingerprint density at radius 2 is 1.36 bits per heavy atom. The van der Waals surface area contributed by atoms with Gasteiger partial charge in [0.2, 0.25) is 5.82 Å². The normalized spacial score (nSPS) is 17.4. The molecule has 1 aliphatic heterocycles. The number of hydrogen-bond donors (Lipinski definition) is 0. The molecule has 1 saturated heterocycles. The van der Waals surface area contributed by atoms with Crippen molar-refractivity contribution >= 4 is 0 Å². The Balaban J connectivity index is 1.37. The maximum atomic E-state index is 14.8. The summed E-state index contributed by atoms with van der Waals surface area (Å²) < 4.78 is 46.8. The summed E-state index contributed by atoms with van der Waals surface area (Å²) in [5.74, 6) is -1.55. The van der Waals surface area contributed by atoms with Gasteiger partial charge in [0, 0.05) is 23.2 Å². The monoisotopic (exact) mass is 545 g/mol. The SMILES string of the molecule is CCCCCCCCCCCCC1COC(c2ccc(-c3ccc(OCCCCCC)c(F)c3F)nc2)OC1. The van der Waals surface area contributed by atoms with Crippen LogP contribution in [-0.2, 0) is 9.47 Å². The zero-order valence-corrected chi connectivity index (χ0v) is 24.2. The van der Waals surface area contributed by atoms with Crippen molar-refractivity contribution in [1.29, 1.82) is 0 Å². The molecule has 1 fully saturated rings. The first-order valence-corrected chi connectivity index (χ1v) is 15.4. The van der Waals surface area contributed by atoms with Gasteiger partial charge in [-0.2, -0.15) is 4.39 Å². The van der Waals surface area contributed by atoms with Crippen LogP contribution in [0.1, 0.15) is 122 Å². The summed E-state index contributed by atoms with van der Waals surface area (Å²) in [5, 5.41) is 0. The molecule has 0 radical (unpaired) electrons. The fraction of sp³-hybridized carbons (Fsp3) is 0.667. The van der Waals surface area contributed by atoms with Gasteiger partial charge in [0.1, 0.15) is 0 Å². The molecule has 1 aromatic heterocycles. The van der Waals surface area contributed by atoms with Crippen molar-refractivity contribution in [2.75, 3.05) is 19.8 Å². The van der Waals surface area contributed by atoms with Gasteiger partial charge in [-0.3, -0.25) is 4.98 Å². The predicted octanol–water partition coefficient (Wildman–Crippen LogP) is 9.96. The smallest absolute Gasteiger partial charge is 0.201 e. The Kier molecular flexibility index (Phi) is 14.8. The van der Waals surface area contributed by atoms with Crippen molar-refractivity contribution < 1.29 is 23.0 Å². The zero-order valence-electron chi connectivity index (χ0n) is 24.2. The van der Waals surface area contributed by atoms with Gasteiger partial charge in [0.05, 0.1) is 25.5 Å². The van der Waals surface area contributed by atoms with Crippen LogP contribution in [-0.4, -0.2) is 24.8 Å². The van der Waals surface area contributed by atoms with Crippen molar-refractivity contribution in [3.05, 3.63) is 47.7 Å². The molecular formula is C33H49F2NO3. The molecule has 2 aromatic rings. The molecular weight excluding hydrogens is 496 g/mol. The quantitative estimate of drug-likeness (QED) is 0.165. The van der Waals surface area contributed by atoms with Crippen LogP contribution >= 0.6 is 0 Å². The third-order valence-corrected chi connectivity index (χ3v) is 7.57. The number of rotatable bonds is 19. The molecule has 3 rings (SSSR count). The van der Waals surface area contributed by atoms with Gasteiger partial charge in [0.15, 0.2) is 17.9 Å². The lowest BCUT2D eigenvalue weighted by Gasteiger charge is -2.29. The molecule has 39 heavy (non-hydrogen) atoms. The Morgan fingerprint density at radius 3 is 1.97 bits per heavy atom. The number of hydrogen-bond acceptors (Lipinski definition) is 4. The lowest BCUT2D eigenvalue weighted by Crippen LogP contribution is -2.27. The molecule has 0 spiro atoms. The fourth-order valence-corrected chi connectivity index (χ4v) is 5.08. The summed E-state index contributed by atoms with van der Waals surface area (Å²) in [7, 11) is 0. The van der Waals surface area contributed by atoms with E-state index in [9.17, 15) is 8.78 Å². The molecule has 4 nitrogen and oxygen atoms in total. The van der Waals surface area contributed by atoms with Crippen LogP contribution in [0.2, 0.25) is 0 Å². The molecule has 6 heteroatoms. The molecule has 0 N–H and O–H groups in total. The highest BCUT2D eigenvalue weighted by molar-refractivity contribution is 5.61. The number of benzene rings is 1. The number of halogens is 2. The molecule has 1 aliphatic rings. The van der Waals surface area contributed by atoms with Crippen molar-refractivity contribution in [2.24, 2.45) is 5.92 Å². The fourth-order valence-electron chi connectivity index (χ4n) is 5.08. The summed E-state index contributed by atoms with van der Waals surface area (Å²) >= 11 is 0. The highest BCUT2D eigenvalue weighted by Crippen LogP contribution is 2.31. The average Bonchev–Trinajstić information content (AvgIpc) is 2.96. The Bertz CT molecular complexity index is 929. The van der Waals surface area contributed by atoms with E-state index in [0.29, 0.717) is 31.4 Å². The number of ether oxygens (including phenoxy) is 3. The van der Waals surface area contributed by atoms with Crippen LogP contribution in [0.3, 0.4) is 0 Å². The van der Waals surface area contributed by atoms with E-state index in [4.69, 9.17) is 14.2 Å². The van der Waals surface area contributed by atoms with Gasteiger partial charge >= 0.3 is 0 Å². The molecule has 1 aromatic carbocycles. The predicted molar refractivity (Wildman–Crippen MR) is 154 cm³/mol. The highest BCUT2D eigenvalue weighted by atomic mass is 19.2. The topological polar surface area (TPSA) is 40.6 Å². The van der Waals surface area contributed by atoms with Crippen molar-refractivity contribution in [3.8, 4) is 17.0 Å². The lowest BCUT2D eigenvalue weighted by atomic mass is 10.0. The molecule has 0 unspecified atom stereocenters. The Morgan fingerprint density at radius 1 is 0.744 bits per heavy atom. The molecule has 0 atom stereocenters. The third kappa shape index (κ3) is 10.8. The van der Waals surface area contributed by atoms with Gasteiger partial charge in [-0.05, 0) is 31.0 Å². The van der Waals surface area contributed by atoms with Crippen molar-refractivity contribution in [3.63, 3.8) is 0 Å². The standard InChI is InChI=1S/C33H49F2NO3/c1-3-5-7-9-10-11-12-13-14-15-17-26-24-38-33(39-25-26)27-18-20-29(36-23-27)28-19-21-30(32(35)31(28)34)37-22-16-8-6-4-2/h18-21,23,26,33H,3-17,22,24-25H2,1-2H3. The molecule has 0 bridgehead atoms. The number of unbranched alkanes of at least 4 members (excludes halogenated alkanes) is 12. The van der Waals surface area contributed by atoms with E-state index in [2.05, 4.69) is 18.8 Å². The van der Waals surface area contributed by atoms with Crippen LogP contribution in [0.25, 0.3) is 11.3 Å². The van der Waals surface area contributed by atoms with E-state index in [1.807, 2.05) is 6.07 Å². The minimum absolute atomic E-state index is 0.0549. The van der Waals surface area contributed by atoms with E-state index in [-0.39, 0.29) is 11.3 Å². The van der Waals surface area contributed by atoms with Crippen molar-refractivity contribution in [2.45, 2.75) is 116 Å². The van der Waals surface area contributed by atoms with Gasteiger partial charge in [0.25, 0.3) is 0 Å². The molecule has 0 saturated carbocycles. The second-order valence-electron chi connectivity index (χ2n) is 11.0. The summed E-state index contributed by atoms with van der Waals surface area (Å²) in [6, 6.07) is 6.49. The van der Waals surface area contributed by atoms with E-state index in [1.54, 1.807) is 12.3 Å². The molecule has 0 amide bonds. The van der Waals surface area contributed by atoms with Gasteiger partial charge < -0.3 is 14.2 Å². The summed E-state index contributed by atoms with van der Waals surface area (Å²) in [5.41, 5.74) is 1.25. The number of aromatic nitrogens is 1. The van der Waals surface area contributed by atoms with E-state index in [1.165, 1.54) is 76.3 Å². The van der Waals surface area contributed by atoms with E-state index < -0.39 is 17.9 Å². The zero-order chi connectivity index (χ0) is 27.7. The Labute approximate surface area is 234 Å². The maximum Gasteiger partial charge on any atom is 0.201 e. The van der Waals surface area contributed by atoms with Crippen LogP contribution < -0.4 is 4.74 Å².